The molecule has 0 aliphatic heterocycles. The molecule has 2 aromatic carbocycles. The van der Waals surface area contributed by atoms with E-state index in [0.717, 1.165) is 35.3 Å². The van der Waals surface area contributed by atoms with Crippen molar-refractivity contribution in [3.63, 3.8) is 0 Å². The van der Waals surface area contributed by atoms with Gasteiger partial charge in [0.25, 0.3) is 5.91 Å². The SMILES string of the molecule is CCc1ccc2nc(N(CCCN(C)C)C(=O)c3c(F)cccc3F)sc2c1. The van der Waals surface area contributed by atoms with Crippen molar-refractivity contribution in [2.45, 2.75) is 19.8 Å². The number of amides is 1. The highest BCUT2D eigenvalue weighted by molar-refractivity contribution is 7.22. The first kappa shape index (κ1) is 20.4. The van der Waals surface area contributed by atoms with Crippen molar-refractivity contribution in [3.05, 3.63) is 59.2 Å². The van der Waals surface area contributed by atoms with E-state index in [1.165, 1.54) is 27.9 Å². The van der Waals surface area contributed by atoms with Crippen LogP contribution in [0.2, 0.25) is 0 Å². The van der Waals surface area contributed by atoms with Gasteiger partial charge in [0.05, 0.1) is 10.2 Å². The fourth-order valence-corrected chi connectivity index (χ4v) is 4.01. The minimum absolute atomic E-state index is 0.325. The number of nitrogens with zero attached hydrogens (tertiary/aromatic N) is 3. The number of aryl methyl sites for hydroxylation is 1. The number of fused-ring (bicyclic) bond motifs is 1. The number of hydrogen-bond donors (Lipinski definition) is 0. The molecule has 1 heterocycles. The van der Waals surface area contributed by atoms with Crippen LogP contribution in [0, 0.1) is 11.6 Å². The normalized spacial score (nSPS) is 11.4. The molecule has 0 aliphatic carbocycles. The zero-order chi connectivity index (χ0) is 20.3. The van der Waals surface area contributed by atoms with E-state index >= 15 is 0 Å². The number of anilines is 1. The number of carbonyl (C=O) groups excluding carboxylic acids is 1. The van der Waals surface area contributed by atoms with E-state index in [-0.39, 0.29) is 0 Å². The number of benzene rings is 2. The third-order valence-electron chi connectivity index (χ3n) is 4.49. The average molecular weight is 403 g/mol. The number of thiazole rings is 1. The molecule has 7 heteroatoms. The molecule has 0 bridgehead atoms. The van der Waals surface area contributed by atoms with E-state index in [2.05, 4.69) is 11.9 Å². The lowest BCUT2D eigenvalue weighted by molar-refractivity contribution is 0.0978. The Hall–Kier alpha value is -2.38. The van der Waals surface area contributed by atoms with Gasteiger partial charge >= 0.3 is 0 Å². The first-order valence-electron chi connectivity index (χ1n) is 9.20. The largest absolute Gasteiger partial charge is 0.309 e. The Bertz CT molecular complexity index is 967. The Morgan fingerprint density at radius 3 is 2.46 bits per heavy atom. The Labute approximate surface area is 167 Å². The Morgan fingerprint density at radius 1 is 1.11 bits per heavy atom. The van der Waals surface area contributed by atoms with E-state index in [9.17, 15) is 13.6 Å². The lowest BCUT2D eigenvalue weighted by Crippen LogP contribution is -2.34. The molecule has 0 atom stereocenters. The second kappa shape index (κ2) is 8.75. The van der Waals surface area contributed by atoms with Gasteiger partial charge in [0.2, 0.25) is 0 Å². The van der Waals surface area contributed by atoms with Crippen molar-refractivity contribution in [2.24, 2.45) is 0 Å². The molecule has 1 amide bonds. The molecule has 28 heavy (non-hydrogen) atoms. The third kappa shape index (κ3) is 4.36. The number of aromatic nitrogens is 1. The summed E-state index contributed by atoms with van der Waals surface area (Å²) in [6, 6.07) is 9.41. The summed E-state index contributed by atoms with van der Waals surface area (Å²) in [6.45, 7) is 3.14. The van der Waals surface area contributed by atoms with Gasteiger partial charge in [-0.15, -0.1) is 0 Å². The molecule has 1 aromatic heterocycles. The molecule has 3 rings (SSSR count). The molecule has 0 saturated carbocycles. The van der Waals surface area contributed by atoms with Crippen LogP contribution >= 0.6 is 11.3 Å². The van der Waals surface area contributed by atoms with Crippen LogP contribution in [0.15, 0.2) is 36.4 Å². The van der Waals surface area contributed by atoms with Gasteiger partial charge in [-0.25, -0.2) is 13.8 Å². The van der Waals surface area contributed by atoms with Gasteiger partial charge in [-0.3, -0.25) is 9.69 Å². The van der Waals surface area contributed by atoms with Crippen LogP contribution in [0.1, 0.15) is 29.3 Å². The van der Waals surface area contributed by atoms with Gasteiger partial charge in [0.1, 0.15) is 17.2 Å². The molecule has 0 spiro atoms. The van der Waals surface area contributed by atoms with Crippen LogP contribution in [0.4, 0.5) is 13.9 Å². The zero-order valence-electron chi connectivity index (χ0n) is 16.2. The Morgan fingerprint density at radius 2 is 1.82 bits per heavy atom. The maximum atomic E-state index is 14.2. The number of carbonyl (C=O) groups is 1. The molecule has 0 radical (unpaired) electrons. The fourth-order valence-electron chi connectivity index (χ4n) is 2.96. The maximum Gasteiger partial charge on any atom is 0.266 e. The minimum Gasteiger partial charge on any atom is -0.309 e. The molecule has 0 saturated heterocycles. The third-order valence-corrected chi connectivity index (χ3v) is 5.53. The summed E-state index contributed by atoms with van der Waals surface area (Å²) in [5, 5.41) is 0.453. The topological polar surface area (TPSA) is 36.4 Å². The van der Waals surface area contributed by atoms with Gasteiger partial charge in [0, 0.05) is 6.54 Å². The van der Waals surface area contributed by atoms with E-state index in [1.54, 1.807) is 0 Å². The van der Waals surface area contributed by atoms with Gasteiger partial charge in [-0.2, -0.15) is 0 Å². The summed E-state index contributed by atoms with van der Waals surface area (Å²) in [5.74, 6) is -2.43. The summed E-state index contributed by atoms with van der Waals surface area (Å²) < 4.78 is 29.4. The van der Waals surface area contributed by atoms with Crippen molar-refractivity contribution in [1.82, 2.24) is 9.88 Å². The summed E-state index contributed by atoms with van der Waals surface area (Å²) in [5.41, 5.74) is 1.41. The molecule has 0 N–H and O–H groups in total. The smallest absolute Gasteiger partial charge is 0.266 e. The highest BCUT2D eigenvalue weighted by Crippen LogP contribution is 2.31. The van der Waals surface area contributed by atoms with Gasteiger partial charge in [0.15, 0.2) is 5.13 Å². The van der Waals surface area contributed by atoms with Crippen molar-refractivity contribution in [1.29, 1.82) is 0 Å². The predicted molar refractivity (Wildman–Crippen MR) is 110 cm³/mol. The Balaban J connectivity index is 2.00. The molecular weight excluding hydrogens is 380 g/mol. The highest BCUT2D eigenvalue weighted by atomic mass is 32.1. The van der Waals surface area contributed by atoms with E-state index in [4.69, 9.17) is 0 Å². The average Bonchev–Trinajstić information content (AvgIpc) is 3.07. The van der Waals surface area contributed by atoms with E-state index in [0.29, 0.717) is 18.1 Å². The number of hydrogen-bond acceptors (Lipinski definition) is 4. The van der Waals surface area contributed by atoms with E-state index in [1.807, 2.05) is 37.2 Å². The molecule has 0 fully saturated rings. The second-order valence-corrected chi connectivity index (χ2v) is 7.87. The summed E-state index contributed by atoms with van der Waals surface area (Å²) in [4.78, 5) is 21.0. The highest BCUT2D eigenvalue weighted by Gasteiger charge is 2.26. The zero-order valence-corrected chi connectivity index (χ0v) is 17.0. The molecular formula is C21H23F2N3OS. The lowest BCUT2D eigenvalue weighted by atomic mass is 10.1. The van der Waals surface area contributed by atoms with Crippen LogP contribution in [0.3, 0.4) is 0 Å². The molecule has 148 valence electrons. The Kier molecular flexibility index (Phi) is 6.36. The first-order valence-corrected chi connectivity index (χ1v) is 10.0. The number of rotatable bonds is 7. The van der Waals surface area contributed by atoms with Crippen molar-refractivity contribution in [2.75, 3.05) is 32.1 Å². The van der Waals surface area contributed by atoms with Gasteiger partial charge < -0.3 is 4.90 Å². The molecule has 4 nitrogen and oxygen atoms in total. The van der Waals surface area contributed by atoms with Gasteiger partial charge in [-0.05, 0) is 63.3 Å². The summed E-state index contributed by atoms with van der Waals surface area (Å²) in [6.07, 6.45) is 1.56. The van der Waals surface area contributed by atoms with Crippen LogP contribution in [-0.4, -0.2) is 43.0 Å². The van der Waals surface area contributed by atoms with Crippen LogP contribution in [0.5, 0.6) is 0 Å². The quantitative estimate of drug-likeness (QED) is 0.572. The standard InChI is InChI=1S/C21H23F2N3OS/c1-4-14-9-10-17-18(13-14)28-21(24-17)26(12-6-11-25(2)3)20(27)19-15(22)7-5-8-16(19)23/h5,7-10,13H,4,6,11-12H2,1-3H3. The molecule has 0 unspecified atom stereocenters. The van der Waals surface area contributed by atoms with Crippen LogP contribution < -0.4 is 4.90 Å². The van der Waals surface area contributed by atoms with Crippen LogP contribution in [-0.2, 0) is 6.42 Å². The van der Waals surface area contributed by atoms with Crippen molar-refractivity contribution >= 4 is 32.6 Å². The van der Waals surface area contributed by atoms with Crippen LogP contribution in [0.25, 0.3) is 10.2 Å². The van der Waals surface area contributed by atoms with E-state index < -0.39 is 23.1 Å². The lowest BCUT2D eigenvalue weighted by Gasteiger charge is -2.21. The fraction of sp³-hybridized carbons (Fsp3) is 0.333. The minimum atomic E-state index is -0.864. The van der Waals surface area contributed by atoms with Crippen molar-refractivity contribution < 1.29 is 13.6 Å². The van der Waals surface area contributed by atoms with Crippen molar-refractivity contribution in [3.8, 4) is 0 Å². The summed E-state index contributed by atoms with van der Waals surface area (Å²) in [7, 11) is 3.87. The monoisotopic (exact) mass is 403 g/mol. The number of halogens is 2. The molecule has 0 aliphatic rings. The molecule has 3 aromatic rings. The second-order valence-electron chi connectivity index (χ2n) is 6.86. The van der Waals surface area contributed by atoms with Gasteiger partial charge in [-0.1, -0.05) is 30.4 Å². The summed E-state index contributed by atoms with van der Waals surface area (Å²) >= 11 is 1.36. The first-order chi connectivity index (χ1) is 13.4. The predicted octanol–water partition coefficient (Wildman–Crippen LogP) is 4.74. The maximum absolute atomic E-state index is 14.2.